The quantitative estimate of drug-likeness (QED) is 0.696. The third-order valence-electron chi connectivity index (χ3n) is 2.65. The Morgan fingerprint density at radius 3 is 2.79 bits per heavy atom. The molecule has 14 heavy (non-hydrogen) atoms. The third kappa shape index (κ3) is 1.82. The summed E-state index contributed by atoms with van der Waals surface area (Å²) in [5.41, 5.74) is 0. The van der Waals surface area contributed by atoms with E-state index in [1.165, 1.54) is 0 Å². The molecule has 1 saturated carbocycles. The summed E-state index contributed by atoms with van der Waals surface area (Å²) in [5.74, 6) is 1.50. The molecule has 0 radical (unpaired) electrons. The maximum absolute atomic E-state index is 5.92. The first kappa shape index (κ1) is 9.71. The molecule has 0 bridgehead atoms. The van der Waals surface area contributed by atoms with Crippen LogP contribution in [0.1, 0.15) is 12.8 Å². The van der Waals surface area contributed by atoms with Crippen LogP contribution in [0.15, 0.2) is 0 Å². The Balaban J connectivity index is 1.90. The smallest absolute Gasteiger partial charge is 0.245 e. The Morgan fingerprint density at radius 1 is 1.57 bits per heavy atom. The van der Waals surface area contributed by atoms with Gasteiger partial charge in [0.25, 0.3) is 0 Å². The molecule has 1 aromatic rings. The van der Waals surface area contributed by atoms with Crippen LogP contribution in [-0.2, 0) is 7.05 Å². The highest BCUT2D eigenvalue weighted by Gasteiger charge is 2.28. The number of aromatic nitrogens is 4. The van der Waals surface area contributed by atoms with E-state index in [0.29, 0.717) is 11.3 Å². The third-order valence-corrected chi connectivity index (χ3v) is 3.01. The summed E-state index contributed by atoms with van der Waals surface area (Å²) in [6.45, 7) is 0.984. The molecule has 0 aromatic carbocycles. The lowest BCUT2D eigenvalue weighted by Gasteiger charge is -2.33. The summed E-state index contributed by atoms with van der Waals surface area (Å²) < 4.78 is 1.68. The minimum absolute atomic E-state index is 0.381. The Morgan fingerprint density at radius 2 is 2.29 bits per heavy atom. The summed E-state index contributed by atoms with van der Waals surface area (Å²) >= 11 is 5.92. The van der Waals surface area contributed by atoms with Gasteiger partial charge >= 0.3 is 0 Å². The van der Waals surface area contributed by atoms with Gasteiger partial charge in [-0.15, -0.1) is 11.6 Å². The summed E-state index contributed by atoms with van der Waals surface area (Å²) in [6, 6.07) is 0. The van der Waals surface area contributed by atoms with Crippen molar-refractivity contribution >= 4 is 17.5 Å². The van der Waals surface area contributed by atoms with Crippen LogP contribution in [0.4, 0.5) is 5.95 Å². The number of hydrogen-bond acceptors (Lipinski definition) is 4. The molecule has 1 fully saturated rings. The maximum atomic E-state index is 5.92. The molecule has 5 nitrogen and oxygen atoms in total. The number of alkyl halides is 1. The lowest BCUT2D eigenvalue weighted by atomic mass is 9.84. The Kier molecular flexibility index (Phi) is 2.58. The van der Waals surface area contributed by atoms with Crippen LogP contribution in [0.5, 0.6) is 0 Å². The van der Waals surface area contributed by atoms with Gasteiger partial charge < -0.3 is 4.90 Å². The van der Waals surface area contributed by atoms with Crippen molar-refractivity contribution in [3.63, 3.8) is 0 Å². The highest BCUT2D eigenvalue weighted by molar-refractivity contribution is 6.21. The predicted octanol–water partition coefficient (Wildman–Crippen LogP) is 0.664. The second kappa shape index (κ2) is 3.73. The van der Waals surface area contributed by atoms with E-state index < -0.39 is 0 Å². The molecule has 1 aliphatic rings. The van der Waals surface area contributed by atoms with Crippen molar-refractivity contribution < 1.29 is 0 Å². The highest BCUT2D eigenvalue weighted by Crippen LogP contribution is 2.32. The standard InChI is InChI=1S/C8H14ClN5/c1-13(5-6-3-7(9)4-6)8-10-11-12-14(8)2/h6-7H,3-5H2,1-2H3. The highest BCUT2D eigenvalue weighted by atomic mass is 35.5. The first-order valence-electron chi connectivity index (χ1n) is 4.74. The number of rotatable bonds is 3. The summed E-state index contributed by atoms with van der Waals surface area (Å²) in [6.07, 6.45) is 2.22. The molecular weight excluding hydrogens is 202 g/mol. The van der Waals surface area contributed by atoms with Crippen LogP contribution in [0, 0.1) is 5.92 Å². The number of halogens is 1. The molecule has 0 aliphatic heterocycles. The van der Waals surface area contributed by atoms with Crippen molar-refractivity contribution in [1.29, 1.82) is 0 Å². The van der Waals surface area contributed by atoms with Gasteiger partial charge in [0.05, 0.1) is 0 Å². The molecule has 1 aliphatic carbocycles. The van der Waals surface area contributed by atoms with E-state index in [4.69, 9.17) is 11.6 Å². The summed E-state index contributed by atoms with van der Waals surface area (Å²) in [4.78, 5) is 2.08. The molecule has 78 valence electrons. The van der Waals surface area contributed by atoms with Gasteiger partial charge in [0.1, 0.15) is 0 Å². The van der Waals surface area contributed by atoms with Gasteiger partial charge in [0, 0.05) is 26.0 Å². The molecule has 0 amide bonds. The van der Waals surface area contributed by atoms with Gasteiger partial charge in [0.15, 0.2) is 0 Å². The van der Waals surface area contributed by atoms with Crippen molar-refractivity contribution in [3.8, 4) is 0 Å². The van der Waals surface area contributed by atoms with Gasteiger partial charge in [0.2, 0.25) is 5.95 Å². The summed E-state index contributed by atoms with van der Waals surface area (Å²) in [5, 5.41) is 11.7. The van der Waals surface area contributed by atoms with Gasteiger partial charge in [-0.3, -0.25) is 0 Å². The van der Waals surface area contributed by atoms with Crippen LogP contribution in [-0.4, -0.2) is 39.2 Å². The molecule has 1 aromatic heterocycles. The zero-order valence-corrected chi connectivity index (χ0v) is 9.15. The topological polar surface area (TPSA) is 46.8 Å². The average molecular weight is 216 g/mol. The first-order valence-corrected chi connectivity index (χ1v) is 5.18. The molecule has 2 rings (SSSR count). The average Bonchev–Trinajstić information content (AvgIpc) is 2.48. The molecule has 1 heterocycles. The van der Waals surface area contributed by atoms with Gasteiger partial charge in [-0.1, -0.05) is 5.10 Å². The van der Waals surface area contributed by atoms with E-state index >= 15 is 0 Å². The van der Waals surface area contributed by atoms with Crippen molar-refractivity contribution in [2.24, 2.45) is 13.0 Å². The van der Waals surface area contributed by atoms with E-state index in [0.717, 1.165) is 25.3 Å². The fraction of sp³-hybridized carbons (Fsp3) is 0.875. The van der Waals surface area contributed by atoms with Crippen LogP contribution in [0.3, 0.4) is 0 Å². The molecule has 0 N–H and O–H groups in total. The van der Waals surface area contributed by atoms with Gasteiger partial charge in [-0.25, -0.2) is 4.68 Å². The van der Waals surface area contributed by atoms with Crippen molar-refractivity contribution in [3.05, 3.63) is 0 Å². The molecule has 0 atom stereocenters. The van der Waals surface area contributed by atoms with Gasteiger partial charge in [-0.2, -0.15) is 0 Å². The zero-order chi connectivity index (χ0) is 10.1. The van der Waals surface area contributed by atoms with Crippen molar-refractivity contribution in [2.45, 2.75) is 18.2 Å². The Hall–Kier alpha value is -0.840. The SMILES string of the molecule is CN(CC1CC(Cl)C1)c1nnnn1C. The minimum Gasteiger partial charge on any atom is -0.342 e. The van der Waals surface area contributed by atoms with E-state index in [2.05, 4.69) is 20.4 Å². The largest absolute Gasteiger partial charge is 0.342 e. The minimum atomic E-state index is 0.381. The van der Waals surface area contributed by atoms with E-state index in [1.807, 2.05) is 14.1 Å². The monoisotopic (exact) mass is 215 g/mol. The number of hydrogen-bond donors (Lipinski definition) is 0. The number of tetrazole rings is 1. The second-order valence-corrected chi connectivity index (χ2v) is 4.53. The number of anilines is 1. The molecule has 0 unspecified atom stereocenters. The van der Waals surface area contributed by atoms with Crippen LogP contribution in [0.25, 0.3) is 0 Å². The first-order chi connectivity index (χ1) is 6.66. The molecule has 0 saturated heterocycles. The molecule has 6 heteroatoms. The van der Waals surface area contributed by atoms with Crippen LogP contribution < -0.4 is 4.90 Å². The Bertz CT molecular complexity index is 306. The molecule has 0 spiro atoms. The predicted molar refractivity (Wildman–Crippen MR) is 54.4 cm³/mol. The fourth-order valence-corrected chi connectivity index (χ4v) is 2.32. The van der Waals surface area contributed by atoms with Crippen molar-refractivity contribution in [1.82, 2.24) is 20.2 Å². The zero-order valence-electron chi connectivity index (χ0n) is 8.39. The number of nitrogens with zero attached hydrogens (tertiary/aromatic N) is 5. The maximum Gasteiger partial charge on any atom is 0.245 e. The van der Waals surface area contributed by atoms with E-state index in [9.17, 15) is 0 Å². The van der Waals surface area contributed by atoms with E-state index in [1.54, 1.807) is 4.68 Å². The van der Waals surface area contributed by atoms with Crippen LogP contribution in [0.2, 0.25) is 0 Å². The fourth-order valence-electron chi connectivity index (χ4n) is 1.82. The molecular formula is C8H14ClN5. The van der Waals surface area contributed by atoms with Crippen LogP contribution >= 0.6 is 11.6 Å². The second-order valence-electron chi connectivity index (χ2n) is 3.92. The summed E-state index contributed by atoms with van der Waals surface area (Å²) in [7, 11) is 3.85. The lowest BCUT2D eigenvalue weighted by molar-refractivity contribution is 0.327. The van der Waals surface area contributed by atoms with Gasteiger partial charge in [-0.05, 0) is 29.2 Å². The number of aryl methyl sites for hydroxylation is 1. The van der Waals surface area contributed by atoms with E-state index in [-0.39, 0.29) is 0 Å². The van der Waals surface area contributed by atoms with Crippen molar-refractivity contribution in [2.75, 3.05) is 18.5 Å². The Labute approximate surface area is 88.0 Å². The normalized spacial score (nSPS) is 25.9. The lowest BCUT2D eigenvalue weighted by Crippen LogP contribution is -2.35.